The summed E-state index contributed by atoms with van der Waals surface area (Å²) < 4.78 is 84.4. The van der Waals surface area contributed by atoms with E-state index in [1.165, 1.54) is 18.3 Å². The van der Waals surface area contributed by atoms with Gasteiger partial charge in [-0.1, -0.05) is 12.1 Å². The van der Waals surface area contributed by atoms with Crippen molar-refractivity contribution in [3.8, 4) is 11.1 Å². The fraction of sp³-hybridized carbons (Fsp3) is 0.267. The van der Waals surface area contributed by atoms with Crippen LogP contribution in [-0.4, -0.2) is 38.4 Å². The number of nitrogens with two attached hydrogens (primary N) is 1. The molecule has 224 valence electrons. The maximum atomic E-state index is 14.2. The van der Waals surface area contributed by atoms with Gasteiger partial charge in [0, 0.05) is 48.8 Å². The van der Waals surface area contributed by atoms with E-state index in [-0.39, 0.29) is 48.3 Å². The predicted molar refractivity (Wildman–Crippen MR) is 143 cm³/mol. The first-order valence-electron chi connectivity index (χ1n) is 13.2. The van der Waals surface area contributed by atoms with Gasteiger partial charge in [0.2, 0.25) is 0 Å². The van der Waals surface area contributed by atoms with Gasteiger partial charge in [0.15, 0.2) is 11.5 Å². The van der Waals surface area contributed by atoms with Crippen LogP contribution in [0.5, 0.6) is 0 Å². The van der Waals surface area contributed by atoms with Gasteiger partial charge in [-0.15, -0.1) is 0 Å². The number of benzene rings is 2. The van der Waals surface area contributed by atoms with E-state index in [0.717, 1.165) is 22.9 Å². The van der Waals surface area contributed by atoms with E-state index in [0.29, 0.717) is 22.9 Å². The summed E-state index contributed by atoms with van der Waals surface area (Å²) in [5, 5.41) is 3.71. The van der Waals surface area contributed by atoms with E-state index in [1.807, 2.05) is 0 Å². The molecule has 5 rings (SSSR count). The fourth-order valence-corrected chi connectivity index (χ4v) is 5.47. The molecule has 7 nitrogen and oxygen atoms in total. The van der Waals surface area contributed by atoms with Crippen LogP contribution < -0.4 is 5.73 Å². The zero-order chi connectivity index (χ0) is 31.1. The Morgan fingerprint density at radius 2 is 1.74 bits per heavy atom. The molecule has 0 radical (unpaired) electrons. The van der Waals surface area contributed by atoms with Gasteiger partial charge < -0.3 is 5.73 Å². The normalized spacial score (nSPS) is 14.1. The van der Waals surface area contributed by atoms with Crippen LogP contribution >= 0.6 is 0 Å². The Bertz CT molecular complexity index is 1700. The number of halogens is 6. The number of fused-ring (bicyclic) bond motifs is 1. The van der Waals surface area contributed by atoms with Gasteiger partial charge in [-0.3, -0.25) is 24.2 Å². The van der Waals surface area contributed by atoms with Crippen LogP contribution in [0.15, 0.2) is 54.7 Å². The van der Waals surface area contributed by atoms with E-state index < -0.39 is 53.5 Å². The van der Waals surface area contributed by atoms with E-state index >= 15 is 0 Å². The largest absolute Gasteiger partial charge is 0.435 e. The Labute approximate surface area is 241 Å². The van der Waals surface area contributed by atoms with Crippen LogP contribution in [0.2, 0.25) is 0 Å². The lowest BCUT2D eigenvalue weighted by molar-refractivity contribution is -0.142. The lowest BCUT2D eigenvalue weighted by atomic mass is 9.86. The molecular weight excluding hydrogens is 576 g/mol. The average molecular weight is 602 g/mol. The van der Waals surface area contributed by atoms with E-state index in [4.69, 9.17) is 5.73 Å². The number of carbonyl (C=O) groups is 2. The van der Waals surface area contributed by atoms with E-state index in [2.05, 4.69) is 10.1 Å². The van der Waals surface area contributed by atoms with Crippen molar-refractivity contribution in [1.29, 1.82) is 0 Å². The number of alkyl halides is 3. The fourth-order valence-electron chi connectivity index (χ4n) is 5.47. The molecule has 0 saturated heterocycles. The summed E-state index contributed by atoms with van der Waals surface area (Å²) >= 11 is 0. The van der Waals surface area contributed by atoms with Crippen molar-refractivity contribution in [2.75, 3.05) is 7.05 Å². The zero-order valence-electron chi connectivity index (χ0n) is 22.8. The molecule has 0 spiro atoms. The standard InChI is InChI=1S/C30H25F6N5O2/c1-40-14-24-26(15-40)41(39-28(24)30(34,35)36)13-21(42)10-18(7-16-8-19(31)12-20(32)9-16)27-22(3-2-6-38-27)17-4-5-25(33)23(11-17)29(37)43/h2-6,8-9,11-12,18H,7,10,13-15H2,1H3,(H2,37,43)/t18-/m1/s1. The van der Waals surface area contributed by atoms with Crippen molar-refractivity contribution in [1.82, 2.24) is 19.7 Å². The quantitative estimate of drug-likeness (QED) is 0.259. The molecule has 13 heteroatoms. The third kappa shape index (κ3) is 6.46. The molecule has 0 unspecified atom stereocenters. The van der Waals surface area contributed by atoms with Gasteiger partial charge in [-0.05, 0) is 54.9 Å². The molecule has 1 aliphatic heterocycles. The van der Waals surface area contributed by atoms with Gasteiger partial charge in [-0.25, -0.2) is 13.2 Å². The average Bonchev–Trinajstić information content (AvgIpc) is 3.45. The van der Waals surface area contributed by atoms with Crippen LogP contribution in [0.4, 0.5) is 26.3 Å². The van der Waals surface area contributed by atoms with Crippen LogP contribution in [-0.2, 0) is 37.0 Å². The third-order valence-corrected chi connectivity index (χ3v) is 7.26. The molecule has 1 amide bonds. The van der Waals surface area contributed by atoms with Crippen LogP contribution in [0, 0.1) is 17.5 Å². The number of primary amides is 1. The number of ketones is 1. The third-order valence-electron chi connectivity index (χ3n) is 7.26. The summed E-state index contributed by atoms with van der Waals surface area (Å²) in [6.07, 6.45) is -3.61. The minimum Gasteiger partial charge on any atom is -0.366 e. The highest BCUT2D eigenvalue weighted by atomic mass is 19.4. The molecule has 0 bridgehead atoms. The lowest BCUT2D eigenvalue weighted by Gasteiger charge is -2.20. The minimum atomic E-state index is -4.70. The second kappa shape index (κ2) is 11.6. The van der Waals surface area contributed by atoms with Crippen molar-refractivity contribution >= 4 is 11.7 Å². The van der Waals surface area contributed by atoms with Gasteiger partial charge in [0.05, 0.1) is 23.5 Å². The lowest BCUT2D eigenvalue weighted by Crippen LogP contribution is -2.21. The van der Waals surface area contributed by atoms with Gasteiger partial charge in [0.1, 0.15) is 17.5 Å². The van der Waals surface area contributed by atoms with E-state index in [1.54, 1.807) is 24.1 Å². The van der Waals surface area contributed by atoms with Gasteiger partial charge in [-0.2, -0.15) is 18.3 Å². The molecule has 0 saturated carbocycles. The maximum absolute atomic E-state index is 14.2. The Kier molecular flexibility index (Phi) is 8.10. The molecular formula is C30H25F6N5O2. The topological polar surface area (TPSA) is 94.1 Å². The highest BCUT2D eigenvalue weighted by Gasteiger charge is 2.41. The van der Waals surface area contributed by atoms with Gasteiger partial charge >= 0.3 is 6.18 Å². The first kappa shape index (κ1) is 30.0. The van der Waals surface area contributed by atoms with Crippen molar-refractivity contribution < 1.29 is 35.9 Å². The maximum Gasteiger partial charge on any atom is 0.435 e. The summed E-state index contributed by atoms with van der Waals surface area (Å²) in [5.41, 5.74) is 5.47. The number of nitrogens with zero attached hydrogens (tertiary/aromatic N) is 4. The van der Waals surface area contributed by atoms with Gasteiger partial charge in [0.25, 0.3) is 5.91 Å². The molecule has 43 heavy (non-hydrogen) atoms. The number of hydrogen-bond donors (Lipinski definition) is 1. The summed E-state index contributed by atoms with van der Waals surface area (Å²) in [6, 6.07) is 9.81. The summed E-state index contributed by atoms with van der Waals surface area (Å²) in [7, 11) is 1.65. The smallest absolute Gasteiger partial charge is 0.366 e. The number of hydrogen-bond acceptors (Lipinski definition) is 5. The Morgan fingerprint density at radius 3 is 2.42 bits per heavy atom. The van der Waals surface area contributed by atoms with Crippen molar-refractivity contribution in [3.63, 3.8) is 0 Å². The second-order valence-electron chi connectivity index (χ2n) is 10.5. The monoisotopic (exact) mass is 601 g/mol. The second-order valence-corrected chi connectivity index (χ2v) is 10.5. The Balaban J connectivity index is 1.52. The number of carbonyl (C=O) groups excluding carboxylic acids is 2. The van der Waals surface area contributed by atoms with Crippen molar-refractivity contribution in [2.45, 2.75) is 44.6 Å². The molecule has 0 aliphatic carbocycles. The number of Topliss-reactive ketones (excluding diaryl/α,β-unsaturated/α-hetero) is 1. The Morgan fingerprint density at radius 1 is 1.02 bits per heavy atom. The van der Waals surface area contributed by atoms with Crippen LogP contribution in [0.3, 0.4) is 0 Å². The minimum absolute atomic E-state index is 0.0168. The molecule has 1 atom stereocenters. The van der Waals surface area contributed by atoms with Crippen molar-refractivity contribution in [2.24, 2.45) is 5.73 Å². The summed E-state index contributed by atoms with van der Waals surface area (Å²) in [6.45, 7) is -0.256. The van der Waals surface area contributed by atoms with Crippen LogP contribution in [0.1, 0.15) is 50.9 Å². The first-order chi connectivity index (χ1) is 20.3. The zero-order valence-corrected chi connectivity index (χ0v) is 22.8. The summed E-state index contributed by atoms with van der Waals surface area (Å²) in [4.78, 5) is 31.3. The van der Waals surface area contributed by atoms with Crippen molar-refractivity contribution in [3.05, 3.63) is 106 Å². The molecule has 2 aromatic carbocycles. The molecule has 2 N–H and O–H groups in total. The number of pyridine rings is 1. The molecule has 0 fully saturated rings. The SMILES string of the molecule is CN1Cc2c(C(F)(F)F)nn(CC(=O)C[C@@H](Cc3cc(F)cc(F)c3)c3ncccc3-c3ccc(F)c(C(N)=O)c3)c2C1. The molecule has 2 aromatic heterocycles. The first-order valence-corrected chi connectivity index (χ1v) is 13.2. The number of amides is 1. The highest BCUT2D eigenvalue weighted by molar-refractivity contribution is 5.94. The predicted octanol–water partition coefficient (Wildman–Crippen LogP) is 5.41. The van der Waals surface area contributed by atoms with E-state index in [9.17, 15) is 35.9 Å². The molecule has 1 aliphatic rings. The van der Waals surface area contributed by atoms with Crippen LogP contribution in [0.25, 0.3) is 11.1 Å². The summed E-state index contributed by atoms with van der Waals surface area (Å²) in [5.74, 6) is -4.81. The number of aromatic nitrogens is 3. The molecule has 4 aromatic rings. The highest BCUT2D eigenvalue weighted by Crippen LogP contribution is 2.37. The Hall–Kier alpha value is -4.52. The number of rotatable bonds is 9. The molecule has 3 heterocycles.